The minimum Gasteiger partial charge on any atom is -0.380 e. The lowest BCUT2D eigenvalue weighted by Gasteiger charge is -2.25. The number of nitrogens with two attached hydrogens (primary N) is 1. The Kier molecular flexibility index (Phi) is 2.66. The summed E-state index contributed by atoms with van der Waals surface area (Å²) < 4.78 is 26.4. The van der Waals surface area contributed by atoms with Crippen molar-refractivity contribution >= 4 is 0 Å². The van der Waals surface area contributed by atoms with Crippen LogP contribution in [0.25, 0.3) is 0 Å². The van der Waals surface area contributed by atoms with Gasteiger partial charge in [0.2, 0.25) is 0 Å². The van der Waals surface area contributed by atoms with Crippen molar-refractivity contribution in [3.05, 3.63) is 70.8 Å². The molecule has 0 radical (unpaired) electrons. The maximum Gasteiger partial charge on any atom is 0.159 e. The van der Waals surface area contributed by atoms with E-state index in [9.17, 15) is 13.9 Å². The van der Waals surface area contributed by atoms with Crippen LogP contribution in [-0.2, 0) is 5.60 Å². The minimum atomic E-state index is -1.36. The Balaban J connectivity index is 2.17. The molecule has 98 valence electrons. The number of rotatable bonds is 1. The van der Waals surface area contributed by atoms with Gasteiger partial charge in [-0.15, -0.1) is 0 Å². The molecule has 4 heteroatoms. The Morgan fingerprint density at radius 3 is 2.58 bits per heavy atom. The molecule has 3 N–H and O–H groups in total. The highest BCUT2D eigenvalue weighted by Crippen LogP contribution is 2.46. The summed E-state index contributed by atoms with van der Waals surface area (Å²) in [6.45, 7) is 0. The summed E-state index contributed by atoms with van der Waals surface area (Å²) in [7, 11) is 0. The Morgan fingerprint density at radius 2 is 1.84 bits per heavy atom. The molecule has 0 aromatic heterocycles. The van der Waals surface area contributed by atoms with Crippen LogP contribution in [0.1, 0.15) is 29.2 Å². The molecule has 0 bridgehead atoms. The Hall–Kier alpha value is -1.78. The van der Waals surface area contributed by atoms with E-state index in [-0.39, 0.29) is 12.5 Å². The van der Waals surface area contributed by atoms with Crippen LogP contribution in [0.15, 0.2) is 42.5 Å². The molecule has 0 heterocycles. The van der Waals surface area contributed by atoms with E-state index in [1.54, 1.807) is 12.1 Å². The molecule has 3 rings (SSSR count). The second kappa shape index (κ2) is 4.11. The van der Waals surface area contributed by atoms with E-state index in [2.05, 4.69) is 0 Å². The maximum absolute atomic E-state index is 13.4. The highest BCUT2D eigenvalue weighted by molar-refractivity contribution is 5.47. The number of hydrogen-bond donors (Lipinski definition) is 2. The molecule has 2 unspecified atom stereocenters. The smallest absolute Gasteiger partial charge is 0.159 e. The zero-order valence-corrected chi connectivity index (χ0v) is 10.1. The normalized spacial score (nSPS) is 25.4. The van der Waals surface area contributed by atoms with Crippen LogP contribution in [0.2, 0.25) is 0 Å². The van der Waals surface area contributed by atoms with Gasteiger partial charge in [-0.2, -0.15) is 0 Å². The Bertz CT molecular complexity index is 644. The fraction of sp³-hybridized carbons (Fsp3) is 0.200. The molecular weight excluding hydrogens is 248 g/mol. The van der Waals surface area contributed by atoms with Crippen LogP contribution in [-0.4, -0.2) is 5.11 Å². The van der Waals surface area contributed by atoms with E-state index in [4.69, 9.17) is 5.73 Å². The predicted octanol–water partition coefficient (Wildman–Crippen LogP) is 2.60. The molecule has 0 saturated carbocycles. The van der Waals surface area contributed by atoms with Crippen LogP contribution >= 0.6 is 0 Å². The highest BCUT2D eigenvalue weighted by Gasteiger charge is 2.42. The van der Waals surface area contributed by atoms with Crippen LogP contribution in [0.3, 0.4) is 0 Å². The van der Waals surface area contributed by atoms with Gasteiger partial charge in [-0.25, -0.2) is 8.78 Å². The molecule has 0 spiro atoms. The average Bonchev–Trinajstić information content (AvgIpc) is 2.67. The van der Waals surface area contributed by atoms with E-state index in [0.29, 0.717) is 11.1 Å². The van der Waals surface area contributed by atoms with Gasteiger partial charge >= 0.3 is 0 Å². The molecule has 0 aliphatic heterocycles. The van der Waals surface area contributed by atoms with Crippen LogP contribution in [0, 0.1) is 11.6 Å². The molecular formula is C15H13F2NO. The molecule has 2 nitrogen and oxygen atoms in total. The third-order valence-electron chi connectivity index (χ3n) is 3.72. The van der Waals surface area contributed by atoms with Crippen molar-refractivity contribution in [1.82, 2.24) is 0 Å². The first kappa shape index (κ1) is 12.3. The van der Waals surface area contributed by atoms with E-state index in [0.717, 1.165) is 17.7 Å². The monoisotopic (exact) mass is 261 g/mol. The Labute approximate surface area is 109 Å². The second-order valence-electron chi connectivity index (χ2n) is 4.89. The highest BCUT2D eigenvalue weighted by atomic mass is 19.2. The standard InChI is InChI=1S/C15H13F2NO/c16-12-6-5-9(7-13(12)17)15(19)8-14(18)10-3-1-2-4-11(10)15/h1-7,14,19H,8,18H2. The van der Waals surface area contributed by atoms with Gasteiger partial charge < -0.3 is 10.8 Å². The summed E-state index contributed by atoms with van der Waals surface area (Å²) in [4.78, 5) is 0. The third-order valence-corrected chi connectivity index (χ3v) is 3.72. The van der Waals surface area contributed by atoms with Crippen molar-refractivity contribution in [3.63, 3.8) is 0 Å². The van der Waals surface area contributed by atoms with Crippen molar-refractivity contribution in [3.8, 4) is 0 Å². The molecule has 2 aromatic carbocycles. The number of hydrogen-bond acceptors (Lipinski definition) is 2. The minimum absolute atomic E-state index is 0.261. The van der Waals surface area contributed by atoms with E-state index in [1.807, 2.05) is 12.1 Å². The first-order valence-corrected chi connectivity index (χ1v) is 6.05. The molecule has 0 amide bonds. The van der Waals surface area contributed by atoms with Crippen molar-refractivity contribution in [2.24, 2.45) is 5.73 Å². The molecule has 0 saturated heterocycles. The number of halogens is 2. The SMILES string of the molecule is NC1CC(O)(c2ccc(F)c(F)c2)c2ccccc21. The van der Waals surface area contributed by atoms with Crippen LogP contribution in [0.4, 0.5) is 8.78 Å². The third kappa shape index (κ3) is 1.76. The van der Waals surface area contributed by atoms with Crippen molar-refractivity contribution in [1.29, 1.82) is 0 Å². The van der Waals surface area contributed by atoms with E-state index in [1.165, 1.54) is 6.07 Å². The van der Waals surface area contributed by atoms with Gasteiger partial charge in [0.15, 0.2) is 11.6 Å². The number of benzene rings is 2. The lowest BCUT2D eigenvalue weighted by molar-refractivity contribution is 0.0771. The average molecular weight is 261 g/mol. The van der Waals surface area contributed by atoms with Gasteiger partial charge in [-0.05, 0) is 28.8 Å². The largest absolute Gasteiger partial charge is 0.380 e. The van der Waals surface area contributed by atoms with E-state index < -0.39 is 17.2 Å². The van der Waals surface area contributed by atoms with Gasteiger partial charge in [0.1, 0.15) is 5.60 Å². The van der Waals surface area contributed by atoms with Crippen LogP contribution in [0.5, 0.6) is 0 Å². The second-order valence-corrected chi connectivity index (χ2v) is 4.89. The maximum atomic E-state index is 13.4. The van der Waals surface area contributed by atoms with Crippen molar-refractivity contribution in [2.45, 2.75) is 18.1 Å². The zero-order valence-electron chi connectivity index (χ0n) is 10.1. The number of fused-ring (bicyclic) bond motifs is 1. The fourth-order valence-corrected chi connectivity index (χ4v) is 2.76. The molecule has 1 aliphatic rings. The van der Waals surface area contributed by atoms with Gasteiger partial charge in [-0.1, -0.05) is 30.3 Å². The molecule has 0 fully saturated rings. The van der Waals surface area contributed by atoms with Gasteiger partial charge in [0, 0.05) is 12.5 Å². The zero-order chi connectivity index (χ0) is 13.6. The summed E-state index contributed by atoms with van der Waals surface area (Å²) in [5.74, 6) is -1.90. The van der Waals surface area contributed by atoms with E-state index >= 15 is 0 Å². The summed E-state index contributed by atoms with van der Waals surface area (Å²) in [6, 6.07) is 10.4. The van der Waals surface area contributed by atoms with Crippen molar-refractivity contribution in [2.75, 3.05) is 0 Å². The van der Waals surface area contributed by atoms with Gasteiger partial charge in [0.05, 0.1) is 0 Å². The lowest BCUT2D eigenvalue weighted by atomic mass is 9.88. The fourth-order valence-electron chi connectivity index (χ4n) is 2.76. The molecule has 2 aromatic rings. The van der Waals surface area contributed by atoms with Crippen LogP contribution < -0.4 is 5.73 Å². The van der Waals surface area contributed by atoms with Crippen molar-refractivity contribution < 1.29 is 13.9 Å². The molecule has 19 heavy (non-hydrogen) atoms. The number of aliphatic hydroxyl groups is 1. The quantitative estimate of drug-likeness (QED) is 0.829. The van der Waals surface area contributed by atoms with Gasteiger partial charge in [0.25, 0.3) is 0 Å². The first-order chi connectivity index (χ1) is 9.02. The summed E-state index contributed by atoms with van der Waals surface area (Å²) in [6.07, 6.45) is 0.261. The summed E-state index contributed by atoms with van der Waals surface area (Å²) in [5.41, 5.74) is 6.47. The predicted molar refractivity (Wildman–Crippen MR) is 67.3 cm³/mol. The van der Waals surface area contributed by atoms with Gasteiger partial charge in [-0.3, -0.25) is 0 Å². The molecule has 1 aliphatic carbocycles. The lowest BCUT2D eigenvalue weighted by Crippen LogP contribution is -2.25. The summed E-state index contributed by atoms with van der Waals surface area (Å²) >= 11 is 0. The Morgan fingerprint density at radius 1 is 1.11 bits per heavy atom. The summed E-state index contributed by atoms with van der Waals surface area (Å²) in [5, 5.41) is 10.8. The molecule has 2 atom stereocenters. The topological polar surface area (TPSA) is 46.2 Å². The first-order valence-electron chi connectivity index (χ1n) is 6.05.